The molecule has 3 rings (SSSR count). The second-order valence-electron chi connectivity index (χ2n) is 7.05. The van der Waals surface area contributed by atoms with Gasteiger partial charge in [0.05, 0.1) is 15.8 Å². The van der Waals surface area contributed by atoms with E-state index in [4.69, 9.17) is 11.6 Å². The van der Waals surface area contributed by atoms with Gasteiger partial charge in [0.2, 0.25) is 10.0 Å². The van der Waals surface area contributed by atoms with Crippen molar-refractivity contribution in [3.05, 3.63) is 63.4 Å². The van der Waals surface area contributed by atoms with E-state index >= 15 is 0 Å². The maximum absolute atomic E-state index is 13.0. The fourth-order valence-corrected chi connectivity index (χ4v) is 5.07. The molecule has 2 aromatic carbocycles. The first-order chi connectivity index (χ1) is 13.6. The average molecular weight is 452 g/mol. The second-order valence-corrected chi connectivity index (χ2v) is 10.6. The van der Waals surface area contributed by atoms with Crippen LogP contribution in [-0.2, 0) is 15.8 Å². The number of sulfonamides is 1. The predicted octanol–water partition coefficient (Wildman–Crippen LogP) is 4.17. The van der Waals surface area contributed by atoms with Gasteiger partial charge in [0.15, 0.2) is 5.16 Å². The van der Waals surface area contributed by atoms with Crippen LogP contribution in [0.3, 0.4) is 0 Å². The van der Waals surface area contributed by atoms with Crippen molar-refractivity contribution < 1.29 is 8.42 Å². The minimum atomic E-state index is -3.51. The van der Waals surface area contributed by atoms with Crippen LogP contribution >= 0.6 is 23.4 Å². The summed E-state index contributed by atoms with van der Waals surface area (Å²) in [4.78, 5) is 17.8. The zero-order valence-corrected chi connectivity index (χ0v) is 19.0. The molecule has 0 unspecified atom stereocenters. The van der Waals surface area contributed by atoms with E-state index in [-0.39, 0.29) is 16.5 Å². The van der Waals surface area contributed by atoms with Crippen LogP contribution in [0.25, 0.3) is 10.9 Å². The largest absolute Gasteiger partial charge is 0.285 e. The van der Waals surface area contributed by atoms with Gasteiger partial charge in [-0.1, -0.05) is 35.5 Å². The molecule has 0 atom stereocenters. The first kappa shape index (κ1) is 21.8. The Labute approximate surface area is 179 Å². The van der Waals surface area contributed by atoms with E-state index in [9.17, 15) is 13.2 Å². The highest BCUT2D eigenvalue weighted by atomic mass is 35.5. The van der Waals surface area contributed by atoms with Crippen LogP contribution in [0.15, 0.2) is 57.3 Å². The molecule has 0 amide bonds. The number of thioether (sulfide) groups is 1. The van der Waals surface area contributed by atoms with Crippen molar-refractivity contribution >= 4 is 44.3 Å². The van der Waals surface area contributed by atoms with Crippen LogP contribution in [0.5, 0.6) is 0 Å². The lowest BCUT2D eigenvalue weighted by molar-refractivity contribution is 0.519. The number of hydrogen-bond acceptors (Lipinski definition) is 5. The van der Waals surface area contributed by atoms with Crippen LogP contribution in [0.2, 0.25) is 5.02 Å². The lowest BCUT2D eigenvalue weighted by Gasteiger charge is -2.16. The SMILES string of the molecule is CC(C)n1c(SCc2cccc(S(=O)(=O)N(C)C)c2)nc2cc(Cl)ccc2c1=O. The van der Waals surface area contributed by atoms with E-state index in [1.165, 1.54) is 30.2 Å². The summed E-state index contributed by atoms with van der Waals surface area (Å²) in [5.74, 6) is 0.474. The van der Waals surface area contributed by atoms with Gasteiger partial charge in [-0.25, -0.2) is 17.7 Å². The van der Waals surface area contributed by atoms with Gasteiger partial charge >= 0.3 is 0 Å². The number of fused-ring (bicyclic) bond motifs is 1. The molecule has 0 N–H and O–H groups in total. The van der Waals surface area contributed by atoms with Crippen molar-refractivity contribution in [1.82, 2.24) is 13.9 Å². The summed E-state index contributed by atoms with van der Waals surface area (Å²) in [5, 5.41) is 1.61. The Hall–Kier alpha value is -1.87. The summed E-state index contributed by atoms with van der Waals surface area (Å²) < 4.78 is 27.6. The van der Waals surface area contributed by atoms with E-state index in [0.29, 0.717) is 26.8 Å². The molecule has 1 aromatic heterocycles. The van der Waals surface area contributed by atoms with E-state index in [2.05, 4.69) is 4.98 Å². The van der Waals surface area contributed by atoms with Crippen molar-refractivity contribution in [2.45, 2.75) is 35.7 Å². The molecule has 154 valence electrons. The Balaban J connectivity index is 1.99. The summed E-state index contributed by atoms with van der Waals surface area (Å²) in [6.07, 6.45) is 0. The Kier molecular flexibility index (Phi) is 6.38. The summed E-state index contributed by atoms with van der Waals surface area (Å²) >= 11 is 7.46. The fraction of sp³-hybridized carbons (Fsp3) is 0.300. The fourth-order valence-electron chi connectivity index (χ4n) is 2.86. The molecule has 9 heteroatoms. The molecule has 3 aromatic rings. The quantitative estimate of drug-likeness (QED) is 0.415. The number of aromatic nitrogens is 2. The number of nitrogens with zero attached hydrogens (tertiary/aromatic N) is 3. The molecule has 0 saturated carbocycles. The highest BCUT2D eigenvalue weighted by Crippen LogP contribution is 2.26. The third kappa shape index (κ3) is 4.50. The molecule has 0 aliphatic carbocycles. The second kappa shape index (κ2) is 8.47. The lowest BCUT2D eigenvalue weighted by Crippen LogP contribution is -2.25. The van der Waals surface area contributed by atoms with Crippen molar-refractivity contribution in [1.29, 1.82) is 0 Å². The van der Waals surface area contributed by atoms with E-state index < -0.39 is 10.0 Å². The Morgan fingerprint density at radius 2 is 1.90 bits per heavy atom. The number of halogens is 1. The predicted molar refractivity (Wildman–Crippen MR) is 118 cm³/mol. The van der Waals surface area contributed by atoms with Gasteiger partial charge in [0, 0.05) is 30.9 Å². The van der Waals surface area contributed by atoms with E-state index in [1.807, 2.05) is 19.9 Å². The Morgan fingerprint density at radius 1 is 1.17 bits per heavy atom. The zero-order valence-electron chi connectivity index (χ0n) is 16.6. The summed E-state index contributed by atoms with van der Waals surface area (Å²) in [6, 6.07) is 11.8. The maximum atomic E-state index is 13.0. The normalized spacial score (nSPS) is 12.2. The molecule has 0 saturated heterocycles. The molecule has 0 aliphatic rings. The van der Waals surface area contributed by atoms with Gasteiger partial charge < -0.3 is 0 Å². The van der Waals surface area contributed by atoms with Crippen LogP contribution in [0, 0.1) is 0 Å². The third-order valence-electron chi connectivity index (χ3n) is 4.39. The minimum absolute atomic E-state index is 0.0713. The lowest BCUT2D eigenvalue weighted by atomic mass is 10.2. The van der Waals surface area contributed by atoms with Gasteiger partial charge in [-0.3, -0.25) is 9.36 Å². The van der Waals surface area contributed by atoms with Crippen molar-refractivity contribution in [2.24, 2.45) is 0 Å². The van der Waals surface area contributed by atoms with Gasteiger partial charge in [-0.2, -0.15) is 0 Å². The molecule has 29 heavy (non-hydrogen) atoms. The monoisotopic (exact) mass is 451 g/mol. The molecule has 0 radical (unpaired) electrons. The zero-order chi connectivity index (χ0) is 21.3. The molecule has 1 heterocycles. The molecule has 0 aliphatic heterocycles. The summed E-state index contributed by atoms with van der Waals surface area (Å²) in [6.45, 7) is 3.86. The highest BCUT2D eigenvalue weighted by molar-refractivity contribution is 7.98. The third-order valence-corrected chi connectivity index (χ3v) is 7.46. The van der Waals surface area contributed by atoms with E-state index in [0.717, 1.165) is 5.56 Å². The molecular formula is C20H22ClN3O3S2. The average Bonchev–Trinajstić information content (AvgIpc) is 2.65. The molecule has 0 spiro atoms. The van der Waals surface area contributed by atoms with E-state index in [1.54, 1.807) is 41.0 Å². The highest BCUT2D eigenvalue weighted by Gasteiger charge is 2.18. The first-order valence-electron chi connectivity index (χ1n) is 8.97. The Morgan fingerprint density at radius 3 is 2.55 bits per heavy atom. The van der Waals surface area contributed by atoms with Crippen LogP contribution in [0.1, 0.15) is 25.5 Å². The van der Waals surface area contributed by atoms with Crippen molar-refractivity contribution in [3.8, 4) is 0 Å². The standard InChI is InChI=1S/C20H22ClN3O3S2/c1-13(2)24-19(25)17-9-8-15(21)11-18(17)22-20(24)28-12-14-6-5-7-16(10-14)29(26,27)23(3)4/h5-11,13H,12H2,1-4H3. The van der Waals surface area contributed by atoms with Crippen LogP contribution < -0.4 is 5.56 Å². The van der Waals surface area contributed by atoms with Gasteiger partial charge in [0.1, 0.15) is 0 Å². The molecular weight excluding hydrogens is 430 g/mol. The number of rotatable bonds is 6. The topological polar surface area (TPSA) is 72.3 Å². The van der Waals surface area contributed by atoms with Gasteiger partial charge in [0.25, 0.3) is 5.56 Å². The molecule has 0 bridgehead atoms. The van der Waals surface area contributed by atoms with Gasteiger partial charge in [-0.05, 0) is 49.7 Å². The summed E-state index contributed by atoms with van der Waals surface area (Å²) in [5.41, 5.74) is 1.26. The Bertz CT molecular complexity index is 1220. The van der Waals surface area contributed by atoms with Gasteiger partial charge in [-0.15, -0.1) is 0 Å². The molecule has 6 nitrogen and oxygen atoms in total. The first-order valence-corrected chi connectivity index (χ1v) is 11.8. The van der Waals surface area contributed by atoms with Crippen molar-refractivity contribution in [2.75, 3.05) is 14.1 Å². The minimum Gasteiger partial charge on any atom is -0.285 e. The number of benzene rings is 2. The van der Waals surface area contributed by atoms with Crippen LogP contribution in [-0.4, -0.2) is 36.4 Å². The maximum Gasteiger partial charge on any atom is 0.262 e. The van der Waals surface area contributed by atoms with Crippen molar-refractivity contribution in [3.63, 3.8) is 0 Å². The number of hydrogen-bond donors (Lipinski definition) is 0. The van der Waals surface area contributed by atoms with Crippen LogP contribution in [0.4, 0.5) is 0 Å². The summed E-state index contributed by atoms with van der Waals surface area (Å²) in [7, 11) is -0.501. The molecule has 0 fully saturated rings. The smallest absolute Gasteiger partial charge is 0.262 e.